The molecule has 1 aliphatic rings. The summed E-state index contributed by atoms with van der Waals surface area (Å²) >= 11 is 0. The molecule has 3 heterocycles. The van der Waals surface area contributed by atoms with Gasteiger partial charge in [0.2, 0.25) is 0 Å². The molecule has 0 unspecified atom stereocenters. The quantitative estimate of drug-likeness (QED) is 0.803. The molecule has 116 valence electrons. The van der Waals surface area contributed by atoms with Gasteiger partial charge in [0.05, 0.1) is 6.20 Å². The van der Waals surface area contributed by atoms with Crippen LogP contribution in [0.3, 0.4) is 0 Å². The molecule has 1 N–H and O–H groups in total. The average Bonchev–Trinajstić information content (AvgIpc) is 3.04. The molecule has 0 amide bonds. The van der Waals surface area contributed by atoms with Gasteiger partial charge in [-0.2, -0.15) is 5.10 Å². The van der Waals surface area contributed by atoms with E-state index >= 15 is 0 Å². The lowest BCUT2D eigenvalue weighted by atomic mass is 10.1. The van der Waals surface area contributed by atoms with Gasteiger partial charge in [-0.05, 0) is 25.3 Å². The summed E-state index contributed by atoms with van der Waals surface area (Å²) in [6.07, 6.45) is 7.38. The molecule has 4 rings (SSSR count). The summed E-state index contributed by atoms with van der Waals surface area (Å²) in [6.45, 7) is 1.79. The summed E-state index contributed by atoms with van der Waals surface area (Å²) in [4.78, 5) is 8.96. The molecular formula is C18H19N5. The number of fused-ring (bicyclic) bond motifs is 1. The SMILES string of the molecule is c1ccc(-c2nccc(NCc3cnn4c3CCCC4)n2)cc1. The van der Waals surface area contributed by atoms with Crippen molar-refractivity contribution in [3.8, 4) is 11.4 Å². The zero-order valence-electron chi connectivity index (χ0n) is 12.9. The van der Waals surface area contributed by atoms with Crippen LogP contribution < -0.4 is 5.32 Å². The van der Waals surface area contributed by atoms with Crippen LogP contribution in [0.2, 0.25) is 0 Å². The van der Waals surface area contributed by atoms with E-state index in [2.05, 4.69) is 25.1 Å². The van der Waals surface area contributed by atoms with E-state index < -0.39 is 0 Å². The normalized spacial score (nSPS) is 13.6. The Bertz CT molecular complexity index is 794. The fourth-order valence-electron chi connectivity index (χ4n) is 3.00. The number of rotatable bonds is 4. The Kier molecular flexibility index (Phi) is 3.76. The smallest absolute Gasteiger partial charge is 0.161 e. The van der Waals surface area contributed by atoms with Gasteiger partial charge in [-0.3, -0.25) is 4.68 Å². The van der Waals surface area contributed by atoms with E-state index in [-0.39, 0.29) is 0 Å². The van der Waals surface area contributed by atoms with Gasteiger partial charge >= 0.3 is 0 Å². The van der Waals surface area contributed by atoms with Gasteiger partial charge in [0, 0.05) is 36.1 Å². The highest BCUT2D eigenvalue weighted by Crippen LogP contribution is 2.20. The van der Waals surface area contributed by atoms with Crippen LogP contribution in [0.1, 0.15) is 24.1 Å². The predicted molar refractivity (Wildman–Crippen MR) is 90.0 cm³/mol. The number of aromatic nitrogens is 4. The van der Waals surface area contributed by atoms with Gasteiger partial charge in [0.15, 0.2) is 5.82 Å². The molecule has 1 aliphatic heterocycles. The van der Waals surface area contributed by atoms with Crippen LogP contribution in [0.5, 0.6) is 0 Å². The molecular weight excluding hydrogens is 286 g/mol. The van der Waals surface area contributed by atoms with E-state index in [4.69, 9.17) is 0 Å². The lowest BCUT2D eigenvalue weighted by molar-refractivity contribution is 0.484. The largest absolute Gasteiger partial charge is 0.366 e. The molecule has 2 aromatic heterocycles. The van der Waals surface area contributed by atoms with Gasteiger partial charge in [0.1, 0.15) is 5.82 Å². The molecule has 1 aromatic carbocycles. The zero-order valence-corrected chi connectivity index (χ0v) is 12.9. The van der Waals surface area contributed by atoms with Crippen LogP contribution in [0.25, 0.3) is 11.4 Å². The van der Waals surface area contributed by atoms with Gasteiger partial charge in [-0.15, -0.1) is 0 Å². The number of nitrogens with zero attached hydrogens (tertiary/aromatic N) is 4. The Morgan fingerprint density at radius 3 is 2.91 bits per heavy atom. The van der Waals surface area contributed by atoms with Gasteiger partial charge in [-0.1, -0.05) is 30.3 Å². The maximum atomic E-state index is 4.61. The number of hydrogen-bond acceptors (Lipinski definition) is 4. The Labute approximate surface area is 135 Å². The van der Waals surface area contributed by atoms with Crippen LogP contribution in [-0.4, -0.2) is 19.7 Å². The highest BCUT2D eigenvalue weighted by Gasteiger charge is 2.14. The van der Waals surface area contributed by atoms with Crippen molar-refractivity contribution in [2.45, 2.75) is 32.4 Å². The van der Waals surface area contributed by atoms with Crippen LogP contribution in [0.4, 0.5) is 5.82 Å². The third-order valence-corrected chi connectivity index (χ3v) is 4.22. The van der Waals surface area contributed by atoms with E-state index in [1.807, 2.05) is 42.6 Å². The lowest BCUT2D eigenvalue weighted by Gasteiger charge is -2.15. The maximum absolute atomic E-state index is 4.61. The van der Waals surface area contributed by atoms with Crippen molar-refractivity contribution in [2.24, 2.45) is 0 Å². The Hall–Kier alpha value is -2.69. The molecule has 0 aliphatic carbocycles. The first-order valence-corrected chi connectivity index (χ1v) is 8.06. The second-order valence-corrected chi connectivity index (χ2v) is 5.78. The van der Waals surface area contributed by atoms with Crippen molar-refractivity contribution < 1.29 is 0 Å². The van der Waals surface area contributed by atoms with Crippen molar-refractivity contribution in [1.29, 1.82) is 0 Å². The minimum absolute atomic E-state index is 0.743. The van der Waals surface area contributed by atoms with Crippen molar-refractivity contribution in [3.63, 3.8) is 0 Å². The van der Waals surface area contributed by atoms with Gasteiger partial charge in [0.25, 0.3) is 0 Å². The maximum Gasteiger partial charge on any atom is 0.161 e. The molecule has 3 aromatic rings. The summed E-state index contributed by atoms with van der Waals surface area (Å²) in [5.41, 5.74) is 3.66. The minimum atomic E-state index is 0.743. The van der Waals surface area contributed by atoms with Crippen LogP contribution in [-0.2, 0) is 19.5 Å². The number of hydrogen-bond donors (Lipinski definition) is 1. The Balaban J connectivity index is 1.50. The standard InChI is InChI=1S/C18H19N5/c1-2-6-14(7-3-1)18-19-10-9-17(22-18)20-12-15-13-21-23-11-5-4-8-16(15)23/h1-3,6-7,9-10,13H,4-5,8,11-12H2,(H,19,20,22). The summed E-state index contributed by atoms with van der Waals surface area (Å²) in [7, 11) is 0. The highest BCUT2D eigenvalue weighted by atomic mass is 15.3. The first-order valence-electron chi connectivity index (χ1n) is 8.06. The second-order valence-electron chi connectivity index (χ2n) is 5.78. The van der Waals surface area contributed by atoms with E-state index in [1.54, 1.807) is 6.20 Å². The van der Waals surface area contributed by atoms with Crippen LogP contribution in [0.15, 0.2) is 48.8 Å². The topological polar surface area (TPSA) is 55.6 Å². The molecule has 5 heteroatoms. The molecule has 0 atom stereocenters. The monoisotopic (exact) mass is 305 g/mol. The summed E-state index contributed by atoms with van der Waals surface area (Å²) < 4.78 is 2.13. The average molecular weight is 305 g/mol. The van der Waals surface area contributed by atoms with Gasteiger partial charge in [-0.25, -0.2) is 9.97 Å². The molecule has 0 saturated carbocycles. The second kappa shape index (κ2) is 6.20. The molecule has 0 bridgehead atoms. The highest BCUT2D eigenvalue weighted by molar-refractivity contribution is 5.56. The lowest BCUT2D eigenvalue weighted by Crippen LogP contribution is -2.13. The minimum Gasteiger partial charge on any atom is -0.366 e. The van der Waals surface area contributed by atoms with E-state index in [0.29, 0.717) is 0 Å². The number of anilines is 1. The van der Waals surface area contributed by atoms with Crippen LogP contribution >= 0.6 is 0 Å². The predicted octanol–water partition coefficient (Wildman–Crippen LogP) is 3.29. The van der Waals surface area contributed by atoms with E-state index in [1.165, 1.54) is 24.1 Å². The molecule has 0 saturated heterocycles. The van der Waals surface area contributed by atoms with Crippen LogP contribution in [0, 0.1) is 0 Å². The van der Waals surface area contributed by atoms with Crippen molar-refractivity contribution in [2.75, 3.05) is 5.32 Å². The Morgan fingerprint density at radius 1 is 1.09 bits per heavy atom. The number of benzene rings is 1. The van der Waals surface area contributed by atoms with E-state index in [9.17, 15) is 0 Å². The van der Waals surface area contributed by atoms with Gasteiger partial charge < -0.3 is 5.32 Å². The third-order valence-electron chi connectivity index (χ3n) is 4.22. The molecule has 5 nitrogen and oxygen atoms in total. The third kappa shape index (κ3) is 2.95. The first kappa shape index (κ1) is 13.9. The number of aryl methyl sites for hydroxylation is 1. The summed E-state index contributed by atoms with van der Waals surface area (Å²) in [5, 5.41) is 7.88. The molecule has 0 radical (unpaired) electrons. The zero-order chi connectivity index (χ0) is 15.5. The fraction of sp³-hybridized carbons (Fsp3) is 0.278. The van der Waals surface area contributed by atoms with E-state index in [0.717, 1.165) is 36.7 Å². The summed E-state index contributed by atoms with van der Waals surface area (Å²) in [6, 6.07) is 11.9. The molecule has 0 fully saturated rings. The van der Waals surface area contributed by atoms with Crippen molar-refractivity contribution >= 4 is 5.82 Å². The fourth-order valence-corrected chi connectivity index (χ4v) is 3.00. The van der Waals surface area contributed by atoms with Crippen molar-refractivity contribution in [3.05, 3.63) is 60.0 Å². The first-order chi connectivity index (χ1) is 11.4. The summed E-state index contributed by atoms with van der Waals surface area (Å²) in [5.74, 6) is 1.59. The molecule has 0 spiro atoms. The Morgan fingerprint density at radius 2 is 2.00 bits per heavy atom. The number of nitrogens with one attached hydrogen (secondary N) is 1. The molecule has 23 heavy (non-hydrogen) atoms. The van der Waals surface area contributed by atoms with Crippen molar-refractivity contribution in [1.82, 2.24) is 19.7 Å².